The zero-order valence-electron chi connectivity index (χ0n) is 9.78. The summed E-state index contributed by atoms with van der Waals surface area (Å²) in [6.45, 7) is 1.14. The number of carbonyl (C=O) groups excluding carboxylic acids is 1. The molecule has 0 bridgehead atoms. The molecule has 1 saturated carbocycles. The number of carbonyl (C=O) groups is 1. The number of hydrogen-bond donors (Lipinski definition) is 2. The maximum atomic E-state index is 11.5. The molecule has 0 heterocycles. The van der Waals surface area contributed by atoms with Gasteiger partial charge in [-0.05, 0) is 12.8 Å². The molecule has 0 aliphatic heterocycles. The van der Waals surface area contributed by atoms with Crippen LogP contribution < -0.4 is 5.32 Å². The highest BCUT2D eigenvalue weighted by atomic mass is 16.5. The highest BCUT2D eigenvalue weighted by molar-refractivity contribution is 5.77. The first-order chi connectivity index (χ1) is 7.77. The van der Waals surface area contributed by atoms with Crippen molar-refractivity contribution in [2.75, 3.05) is 33.5 Å². The van der Waals surface area contributed by atoms with Gasteiger partial charge < -0.3 is 19.9 Å². The number of aliphatic hydroxyl groups excluding tert-OH is 1. The van der Waals surface area contributed by atoms with Crippen LogP contribution in [0, 0.1) is 5.92 Å². The van der Waals surface area contributed by atoms with Gasteiger partial charge in [0.15, 0.2) is 0 Å². The van der Waals surface area contributed by atoms with Crippen LogP contribution in [-0.4, -0.2) is 50.6 Å². The molecule has 94 valence electrons. The number of rotatable bonds is 7. The summed E-state index contributed by atoms with van der Waals surface area (Å²) in [5, 5.41) is 12.0. The summed E-state index contributed by atoms with van der Waals surface area (Å²) in [7, 11) is 1.59. The smallest absolute Gasteiger partial charge is 0.246 e. The van der Waals surface area contributed by atoms with Crippen molar-refractivity contribution in [1.82, 2.24) is 5.32 Å². The summed E-state index contributed by atoms with van der Waals surface area (Å²) in [6, 6.07) is 0.114. The van der Waals surface area contributed by atoms with Crippen molar-refractivity contribution >= 4 is 5.91 Å². The lowest BCUT2D eigenvalue weighted by atomic mass is 10.1. The van der Waals surface area contributed by atoms with Crippen LogP contribution in [0.4, 0.5) is 0 Å². The van der Waals surface area contributed by atoms with E-state index in [0.717, 1.165) is 19.3 Å². The maximum absolute atomic E-state index is 11.5. The van der Waals surface area contributed by atoms with Gasteiger partial charge in [0.2, 0.25) is 5.91 Å². The van der Waals surface area contributed by atoms with Gasteiger partial charge in [-0.2, -0.15) is 0 Å². The summed E-state index contributed by atoms with van der Waals surface area (Å²) < 4.78 is 9.92. The van der Waals surface area contributed by atoms with Crippen LogP contribution in [0.3, 0.4) is 0 Å². The fraction of sp³-hybridized carbons (Fsp3) is 0.909. The summed E-state index contributed by atoms with van der Waals surface area (Å²) in [4.78, 5) is 11.5. The van der Waals surface area contributed by atoms with Crippen LogP contribution in [0.15, 0.2) is 0 Å². The third kappa shape index (κ3) is 4.47. The van der Waals surface area contributed by atoms with Crippen LogP contribution in [-0.2, 0) is 14.3 Å². The van der Waals surface area contributed by atoms with E-state index < -0.39 is 0 Å². The predicted molar refractivity (Wildman–Crippen MR) is 59.1 cm³/mol. The predicted octanol–water partition coefficient (Wildman–Crippen LogP) is -0.0734. The molecule has 1 aliphatic carbocycles. The topological polar surface area (TPSA) is 67.8 Å². The van der Waals surface area contributed by atoms with Crippen molar-refractivity contribution in [1.29, 1.82) is 0 Å². The molecule has 16 heavy (non-hydrogen) atoms. The van der Waals surface area contributed by atoms with Crippen LogP contribution in [0.1, 0.15) is 19.3 Å². The van der Waals surface area contributed by atoms with E-state index in [9.17, 15) is 4.79 Å². The summed E-state index contributed by atoms with van der Waals surface area (Å²) in [5.74, 6) is 0.101. The fourth-order valence-corrected chi connectivity index (χ4v) is 2.00. The first-order valence-electron chi connectivity index (χ1n) is 5.74. The molecule has 2 unspecified atom stereocenters. The van der Waals surface area contributed by atoms with Gasteiger partial charge in [-0.3, -0.25) is 4.79 Å². The van der Waals surface area contributed by atoms with Gasteiger partial charge in [0, 0.05) is 25.7 Å². The maximum Gasteiger partial charge on any atom is 0.246 e. The van der Waals surface area contributed by atoms with E-state index in [1.54, 1.807) is 7.11 Å². The molecule has 0 aromatic heterocycles. The second-order valence-corrected chi connectivity index (χ2v) is 4.09. The van der Waals surface area contributed by atoms with E-state index in [1.165, 1.54) is 0 Å². The van der Waals surface area contributed by atoms with Gasteiger partial charge in [0.25, 0.3) is 0 Å². The van der Waals surface area contributed by atoms with E-state index in [0.29, 0.717) is 13.2 Å². The first-order valence-corrected chi connectivity index (χ1v) is 5.74. The zero-order chi connectivity index (χ0) is 11.8. The van der Waals surface area contributed by atoms with Crippen molar-refractivity contribution in [3.63, 3.8) is 0 Å². The van der Waals surface area contributed by atoms with Gasteiger partial charge >= 0.3 is 0 Å². The average molecular weight is 231 g/mol. The molecule has 2 N–H and O–H groups in total. The van der Waals surface area contributed by atoms with E-state index in [4.69, 9.17) is 14.6 Å². The SMILES string of the molecule is COCCOCC(=O)NC1CCCC1CO. The van der Waals surface area contributed by atoms with Gasteiger partial charge in [-0.25, -0.2) is 0 Å². The van der Waals surface area contributed by atoms with Gasteiger partial charge in [-0.15, -0.1) is 0 Å². The lowest BCUT2D eigenvalue weighted by Crippen LogP contribution is -2.40. The fourth-order valence-electron chi connectivity index (χ4n) is 2.00. The monoisotopic (exact) mass is 231 g/mol. The van der Waals surface area contributed by atoms with Crippen molar-refractivity contribution < 1.29 is 19.4 Å². The largest absolute Gasteiger partial charge is 0.396 e. The Bertz CT molecular complexity index is 210. The Morgan fingerprint density at radius 2 is 2.25 bits per heavy atom. The number of amides is 1. The molecule has 0 aromatic carbocycles. The number of hydrogen-bond acceptors (Lipinski definition) is 4. The Morgan fingerprint density at radius 1 is 1.44 bits per heavy atom. The zero-order valence-corrected chi connectivity index (χ0v) is 9.78. The molecule has 0 saturated heterocycles. The number of aliphatic hydroxyl groups is 1. The Hall–Kier alpha value is -0.650. The third-order valence-electron chi connectivity index (χ3n) is 2.90. The third-order valence-corrected chi connectivity index (χ3v) is 2.90. The lowest BCUT2D eigenvalue weighted by molar-refractivity contribution is -0.127. The Morgan fingerprint density at radius 3 is 2.94 bits per heavy atom. The molecule has 5 nitrogen and oxygen atoms in total. The van der Waals surface area contributed by atoms with E-state index in [2.05, 4.69) is 5.32 Å². The van der Waals surface area contributed by atoms with Gasteiger partial charge in [-0.1, -0.05) is 6.42 Å². The second-order valence-electron chi connectivity index (χ2n) is 4.09. The molecule has 5 heteroatoms. The molecule has 1 fully saturated rings. The minimum absolute atomic E-state index is 0.0675. The van der Waals surface area contributed by atoms with Crippen molar-refractivity contribution in [3.05, 3.63) is 0 Å². The molecule has 2 atom stereocenters. The summed E-state index contributed by atoms with van der Waals surface area (Å²) in [6.07, 6.45) is 3.02. The first kappa shape index (κ1) is 13.4. The Labute approximate surface area is 96.1 Å². The van der Waals surface area contributed by atoms with E-state index >= 15 is 0 Å². The quantitative estimate of drug-likeness (QED) is 0.602. The van der Waals surface area contributed by atoms with Crippen LogP contribution >= 0.6 is 0 Å². The lowest BCUT2D eigenvalue weighted by Gasteiger charge is -2.18. The summed E-state index contributed by atoms with van der Waals surface area (Å²) in [5.41, 5.74) is 0. The minimum Gasteiger partial charge on any atom is -0.396 e. The summed E-state index contributed by atoms with van der Waals surface area (Å²) >= 11 is 0. The Kier molecular flexibility index (Phi) is 6.37. The number of methoxy groups -OCH3 is 1. The second kappa shape index (κ2) is 7.60. The molecule has 1 rings (SSSR count). The van der Waals surface area contributed by atoms with E-state index in [-0.39, 0.29) is 31.1 Å². The molecule has 0 spiro atoms. The number of ether oxygens (including phenoxy) is 2. The van der Waals surface area contributed by atoms with Crippen LogP contribution in [0.25, 0.3) is 0 Å². The van der Waals surface area contributed by atoms with Crippen molar-refractivity contribution in [3.8, 4) is 0 Å². The molecule has 0 aromatic rings. The van der Waals surface area contributed by atoms with E-state index in [1.807, 2.05) is 0 Å². The van der Waals surface area contributed by atoms with Gasteiger partial charge in [0.1, 0.15) is 6.61 Å². The average Bonchev–Trinajstić information content (AvgIpc) is 2.71. The highest BCUT2D eigenvalue weighted by Gasteiger charge is 2.27. The Balaban J connectivity index is 2.13. The molecule has 0 radical (unpaired) electrons. The molecule has 1 amide bonds. The number of nitrogens with one attached hydrogen (secondary N) is 1. The van der Waals surface area contributed by atoms with Crippen molar-refractivity contribution in [2.45, 2.75) is 25.3 Å². The molecule has 1 aliphatic rings. The molecular weight excluding hydrogens is 210 g/mol. The van der Waals surface area contributed by atoms with Crippen LogP contribution in [0.5, 0.6) is 0 Å². The van der Waals surface area contributed by atoms with Crippen molar-refractivity contribution in [2.24, 2.45) is 5.92 Å². The molecular formula is C11H21NO4. The van der Waals surface area contributed by atoms with Gasteiger partial charge in [0.05, 0.1) is 13.2 Å². The normalized spacial score (nSPS) is 24.6. The highest BCUT2D eigenvalue weighted by Crippen LogP contribution is 2.24. The standard InChI is InChI=1S/C11H21NO4/c1-15-5-6-16-8-11(14)12-10-4-2-3-9(10)7-13/h9-10,13H,2-8H2,1H3,(H,12,14). The minimum atomic E-state index is -0.110. The van der Waals surface area contributed by atoms with Crippen LogP contribution in [0.2, 0.25) is 0 Å².